The lowest BCUT2D eigenvalue weighted by molar-refractivity contribution is 0.0581. The maximum Gasteiger partial charge on any atom is 0.358 e. The number of esters is 1. The number of carbonyl (C=O) groups excluding carboxylic acids is 1. The van der Waals surface area contributed by atoms with Crippen LogP contribution in [0.5, 0.6) is 0 Å². The Balaban J connectivity index is 2.03. The number of nitrogens with zero attached hydrogens (tertiary/aromatic N) is 2. The number of hydrogen-bond donors (Lipinski definition) is 0. The lowest BCUT2D eigenvalue weighted by Crippen LogP contribution is -2.22. The predicted molar refractivity (Wildman–Crippen MR) is 88.8 cm³/mol. The van der Waals surface area contributed by atoms with Gasteiger partial charge in [-0.1, -0.05) is 26.6 Å². The fourth-order valence-electron chi connectivity index (χ4n) is 2.47. The van der Waals surface area contributed by atoms with Crippen LogP contribution in [-0.2, 0) is 16.2 Å². The highest BCUT2D eigenvalue weighted by molar-refractivity contribution is 6.76. The number of rotatable bonds is 8. The molecule has 1 aliphatic rings. The van der Waals surface area contributed by atoms with E-state index in [1.165, 1.54) is 20.0 Å². The third-order valence-electron chi connectivity index (χ3n) is 4.21. The number of methoxy groups -OCH3 is 1. The Kier molecular flexibility index (Phi) is 5.44. The van der Waals surface area contributed by atoms with Gasteiger partial charge in [-0.3, -0.25) is 0 Å². The molecule has 1 aliphatic carbocycles. The summed E-state index contributed by atoms with van der Waals surface area (Å²) in [5, 5.41) is 4.37. The van der Waals surface area contributed by atoms with Crippen LogP contribution in [0, 0.1) is 5.92 Å². The Morgan fingerprint density at radius 2 is 2.14 bits per heavy atom. The third-order valence-corrected chi connectivity index (χ3v) is 5.92. The van der Waals surface area contributed by atoms with Gasteiger partial charge in [-0.15, -0.1) is 0 Å². The first-order chi connectivity index (χ1) is 10.3. The largest absolute Gasteiger partial charge is 0.464 e. The fraction of sp³-hybridized carbons (Fsp3) is 0.750. The van der Waals surface area contributed by atoms with Crippen LogP contribution in [-0.4, -0.2) is 37.5 Å². The highest BCUT2D eigenvalue weighted by Gasteiger charge is 2.32. The summed E-state index contributed by atoms with van der Waals surface area (Å²) in [6.07, 6.45) is 2.52. The van der Waals surface area contributed by atoms with Gasteiger partial charge in [0, 0.05) is 26.3 Å². The van der Waals surface area contributed by atoms with Crippen LogP contribution < -0.4 is 0 Å². The molecule has 1 heterocycles. The topological polar surface area (TPSA) is 53.4 Å². The van der Waals surface area contributed by atoms with Crippen LogP contribution in [0.25, 0.3) is 0 Å². The van der Waals surface area contributed by atoms with E-state index in [2.05, 4.69) is 31.7 Å². The van der Waals surface area contributed by atoms with Crippen LogP contribution >= 0.6 is 0 Å². The molecule has 0 saturated heterocycles. The summed E-state index contributed by atoms with van der Waals surface area (Å²) in [7, 11) is 0.299. The zero-order valence-electron chi connectivity index (χ0n) is 14.4. The van der Waals surface area contributed by atoms with Crippen molar-refractivity contribution in [2.24, 2.45) is 5.92 Å². The molecule has 124 valence electrons. The molecule has 0 amide bonds. The first-order valence-electron chi connectivity index (χ1n) is 8.05. The molecular formula is C16H28N2O3Si. The lowest BCUT2D eigenvalue weighted by atomic mass is 10.0. The van der Waals surface area contributed by atoms with Crippen molar-refractivity contribution >= 4 is 14.0 Å². The third kappa shape index (κ3) is 4.68. The van der Waals surface area contributed by atoms with Crippen molar-refractivity contribution in [1.29, 1.82) is 0 Å². The Bertz CT molecular complexity index is 518. The molecule has 1 saturated carbocycles. The number of hydrogen-bond acceptors (Lipinski definition) is 4. The van der Waals surface area contributed by atoms with Crippen molar-refractivity contribution in [3.05, 3.63) is 17.5 Å². The molecule has 6 heteroatoms. The Hall–Kier alpha value is -1.14. The SMILES string of the molecule is COC(=O)c1cc(C(C)C2CC2)n(COCC[Si](C)(C)C)n1. The first kappa shape index (κ1) is 17.2. The summed E-state index contributed by atoms with van der Waals surface area (Å²) in [4.78, 5) is 11.7. The van der Waals surface area contributed by atoms with Crippen LogP contribution in [0.3, 0.4) is 0 Å². The lowest BCUT2D eigenvalue weighted by Gasteiger charge is -2.17. The molecule has 0 bridgehead atoms. The number of aromatic nitrogens is 2. The van der Waals surface area contributed by atoms with Crippen molar-refractivity contribution in [2.45, 2.75) is 58.1 Å². The molecule has 1 atom stereocenters. The molecule has 0 radical (unpaired) electrons. The van der Waals surface area contributed by atoms with Crippen molar-refractivity contribution in [3.8, 4) is 0 Å². The Morgan fingerprint density at radius 3 is 2.68 bits per heavy atom. The molecular weight excluding hydrogens is 296 g/mol. The van der Waals surface area contributed by atoms with E-state index in [0.29, 0.717) is 24.3 Å². The first-order valence-corrected chi connectivity index (χ1v) is 11.8. The molecule has 0 N–H and O–H groups in total. The van der Waals surface area contributed by atoms with E-state index in [1.807, 2.05) is 10.7 Å². The van der Waals surface area contributed by atoms with Crippen molar-refractivity contribution in [1.82, 2.24) is 9.78 Å². The van der Waals surface area contributed by atoms with Gasteiger partial charge < -0.3 is 9.47 Å². The summed E-state index contributed by atoms with van der Waals surface area (Å²) in [6.45, 7) is 10.4. The van der Waals surface area contributed by atoms with Gasteiger partial charge in [0.1, 0.15) is 6.73 Å². The molecule has 1 fully saturated rings. The second-order valence-corrected chi connectivity index (χ2v) is 13.0. The second kappa shape index (κ2) is 6.96. The number of carbonyl (C=O) groups is 1. The minimum atomic E-state index is -1.09. The Morgan fingerprint density at radius 1 is 1.45 bits per heavy atom. The van der Waals surface area contributed by atoms with Gasteiger partial charge in [-0.05, 0) is 30.9 Å². The minimum Gasteiger partial charge on any atom is -0.464 e. The van der Waals surface area contributed by atoms with Gasteiger partial charge in [0.05, 0.1) is 7.11 Å². The standard InChI is InChI=1S/C16H28N2O3Si/c1-12(13-6-7-13)15-10-14(16(19)20-2)17-18(15)11-21-8-9-22(3,4)5/h10,12-13H,6-9,11H2,1-5H3. The van der Waals surface area contributed by atoms with Crippen LogP contribution in [0.15, 0.2) is 6.07 Å². The molecule has 1 aromatic heterocycles. The maximum absolute atomic E-state index is 11.7. The van der Waals surface area contributed by atoms with Crippen molar-refractivity contribution in [2.75, 3.05) is 13.7 Å². The zero-order valence-corrected chi connectivity index (χ0v) is 15.4. The van der Waals surface area contributed by atoms with Crippen LogP contribution in [0.2, 0.25) is 25.7 Å². The van der Waals surface area contributed by atoms with Gasteiger partial charge in [-0.2, -0.15) is 5.10 Å². The quantitative estimate of drug-likeness (QED) is 0.417. The van der Waals surface area contributed by atoms with E-state index in [9.17, 15) is 4.79 Å². The molecule has 0 aliphatic heterocycles. The average molecular weight is 324 g/mol. The van der Waals surface area contributed by atoms with Gasteiger partial charge in [0.25, 0.3) is 0 Å². The fourth-order valence-corrected chi connectivity index (χ4v) is 3.23. The highest BCUT2D eigenvalue weighted by Crippen LogP contribution is 2.42. The number of ether oxygens (including phenoxy) is 2. The monoisotopic (exact) mass is 324 g/mol. The molecule has 0 aromatic carbocycles. The molecule has 1 aromatic rings. The second-order valence-electron chi connectivity index (χ2n) is 7.42. The summed E-state index contributed by atoms with van der Waals surface area (Å²) in [5.74, 6) is 0.736. The van der Waals surface area contributed by atoms with Gasteiger partial charge >= 0.3 is 5.97 Å². The normalized spacial score (nSPS) is 16.6. The van der Waals surface area contributed by atoms with E-state index in [1.54, 1.807) is 0 Å². The summed E-state index contributed by atoms with van der Waals surface area (Å²) in [6, 6.07) is 2.99. The van der Waals surface area contributed by atoms with Crippen molar-refractivity contribution in [3.63, 3.8) is 0 Å². The van der Waals surface area contributed by atoms with E-state index >= 15 is 0 Å². The predicted octanol–water partition coefficient (Wildman–Crippen LogP) is 3.50. The van der Waals surface area contributed by atoms with E-state index in [4.69, 9.17) is 9.47 Å². The van der Waals surface area contributed by atoms with E-state index < -0.39 is 8.07 Å². The van der Waals surface area contributed by atoms with Crippen molar-refractivity contribution < 1.29 is 14.3 Å². The Labute approximate surface area is 134 Å². The van der Waals surface area contributed by atoms with E-state index in [0.717, 1.165) is 18.3 Å². The molecule has 5 nitrogen and oxygen atoms in total. The molecule has 0 spiro atoms. The van der Waals surface area contributed by atoms with Crippen LogP contribution in [0.4, 0.5) is 0 Å². The van der Waals surface area contributed by atoms with Crippen LogP contribution in [0.1, 0.15) is 41.9 Å². The molecule has 22 heavy (non-hydrogen) atoms. The summed E-state index contributed by atoms with van der Waals surface area (Å²) < 4.78 is 12.4. The smallest absolute Gasteiger partial charge is 0.358 e. The molecule has 1 unspecified atom stereocenters. The summed E-state index contributed by atoms with van der Waals surface area (Å²) >= 11 is 0. The van der Waals surface area contributed by atoms with Gasteiger partial charge in [-0.25, -0.2) is 9.48 Å². The van der Waals surface area contributed by atoms with E-state index in [-0.39, 0.29) is 5.97 Å². The molecule has 2 rings (SSSR count). The van der Waals surface area contributed by atoms with Gasteiger partial charge in [0.15, 0.2) is 5.69 Å². The average Bonchev–Trinajstić information content (AvgIpc) is 3.21. The van der Waals surface area contributed by atoms with Gasteiger partial charge in [0.2, 0.25) is 0 Å². The zero-order chi connectivity index (χ0) is 16.3. The minimum absolute atomic E-state index is 0.374. The highest BCUT2D eigenvalue weighted by atomic mass is 28.3. The summed E-state index contributed by atoms with van der Waals surface area (Å²) in [5.41, 5.74) is 1.45. The maximum atomic E-state index is 11.7.